The zero-order valence-electron chi connectivity index (χ0n) is 15.3. The molecule has 0 aliphatic carbocycles. The highest BCUT2D eigenvalue weighted by molar-refractivity contribution is 8.00. The van der Waals surface area contributed by atoms with Crippen LogP contribution >= 0.6 is 23.4 Å². The van der Waals surface area contributed by atoms with Crippen LogP contribution in [0.15, 0.2) is 36.4 Å². The quantitative estimate of drug-likeness (QED) is 0.293. The second-order valence-electron chi connectivity index (χ2n) is 6.41. The van der Waals surface area contributed by atoms with E-state index in [-0.39, 0.29) is 33.9 Å². The molecule has 1 atom stereocenters. The molecule has 0 spiro atoms. The number of nitro groups is 1. The maximum Gasteiger partial charge on any atom is 0.416 e. The minimum Gasteiger partial charge on any atom is -0.461 e. The molecule has 1 fully saturated rings. The summed E-state index contributed by atoms with van der Waals surface area (Å²) in [6.45, 7) is 0.135. The van der Waals surface area contributed by atoms with Crippen LogP contribution in [0.5, 0.6) is 11.5 Å². The Morgan fingerprint density at radius 2 is 2.03 bits per heavy atom. The van der Waals surface area contributed by atoms with E-state index in [4.69, 9.17) is 21.1 Å². The summed E-state index contributed by atoms with van der Waals surface area (Å²) in [5.74, 6) is -0.0117. The van der Waals surface area contributed by atoms with E-state index in [2.05, 4.69) is 0 Å². The van der Waals surface area contributed by atoms with Gasteiger partial charge in [-0.1, -0.05) is 11.6 Å². The topological polar surface area (TPSA) is 78.7 Å². The fraction of sp³-hybridized carbons (Fsp3) is 0.316. The molecule has 11 heteroatoms. The zero-order chi connectivity index (χ0) is 21.9. The molecule has 0 saturated carbocycles. The van der Waals surface area contributed by atoms with Crippen LogP contribution in [0.4, 0.5) is 18.9 Å². The number of ether oxygens (including phenoxy) is 2. The molecular formula is C19H15ClF3NO5S. The second kappa shape index (κ2) is 9.13. The van der Waals surface area contributed by atoms with Crippen molar-refractivity contribution in [2.75, 3.05) is 12.4 Å². The molecule has 0 aromatic heterocycles. The van der Waals surface area contributed by atoms with Gasteiger partial charge in [-0.25, -0.2) is 4.79 Å². The van der Waals surface area contributed by atoms with Gasteiger partial charge in [-0.2, -0.15) is 24.9 Å². The van der Waals surface area contributed by atoms with Crippen molar-refractivity contribution in [3.05, 3.63) is 62.7 Å². The number of carbonyl (C=O) groups is 1. The van der Waals surface area contributed by atoms with E-state index in [1.807, 2.05) is 0 Å². The number of nitrogens with zero attached hydrogens (tertiary/aromatic N) is 1. The van der Waals surface area contributed by atoms with Gasteiger partial charge in [0, 0.05) is 17.4 Å². The lowest BCUT2D eigenvalue weighted by Gasteiger charge is -2.13. The Kier molecular flexibility index (Phi) is 6.77. The summed E-state index contributed by atoms with van der Waals surface area (Å²) in [6.07, 6.45) is -2.65. The van der Waals surface area contributed by atoms with Crippen LogP contribution in [-0.2, 0) is 10.9 Å². The number of esters is 1. The molecule has 6 nitrogen and oxygen atoms in total. The van der Waals surface area contributed by atoms with E-state index in [1.54, 1.807) is 11.8 Å². The first kappa shape index (κ1) is 22.2. The molecule has 1 aliphatic heterocycles. The summed E-state index contributed by atoms with van der Waals surface area (Å²) in [5.41, 5.74) is -1.73. The lowest BCUT2D eigenvalue weighted by Crippen LogP contribution is -2.15. The minimum absolute atomic E-state index is 0.00977. The number of hydrogen-bond acceptors (Lipinski definition) is 6. The van der Waals surface area contributed by atoms with Gasteiger partial charge >= 0.3 is 12.1 Å². The average molecular weight is 462 g/mol. The van der Waals surface area contributed by atoms with Crippen molar-refractivity contribution >= 4 is 35.0 Å². The Morgan fingerprint density at radius 3 is 2.63 bits per heavy atom. The first-order chi connectivity index (χ1) is 14.1. The third-order valence-corrected chi connectivity index (χ3v) is 5.96. The SMILES string of the molecule is O=C(OCC1CCCS1)c1cc(Oc2ccc(C(F)(F)F)cc2Cl)ccc1[N+](=O)[O-]. The van der Waals surface area contributed by atoms with Gasteiger partial charge in [0.05, 0.1) is 15.5 Å². The first-order valence-electron chi connectivity index (χ1n) is 8.77. The highest BCUT2D eigenvalue weighted by Gasteiger charge is 2.31. The third kappa shape index (κ3) is 5.37. The monoisotopic (exact) mass is 461 g/mol. The molecule has 1 saturated heterocycles. The highest BCUT2D eigenvalue weighted by Crippen LogP contribution is 2.37. The van der Waals surface area contributed by atoms with Crippen LogP contribution in [0, 0.1) is 10.1 Å². The summed E-state index contributed by atoms with van der Waals surface area (Å²) < 4.78 is 48.9. The molecule has 0 N–H and O–H groups in total. The van der Waals surface area contributed by atoms with Gasteiger partial charge in [0.1, 0.15) is 23.7 Å². The molecule has 1 unspecified atom stereocenters. The van der Waals surface area contributed by atoms with Crippen LogP contribution in [0.2, 0.25) is 5.02 Å². The molecule has 0 amide bonds. The van der Waals surface area contributed by atoms with E-state index in [1.165, 1.54) is 6.07 Å². The van der Waals surface area contributed by atoms with E-state index < -0.39 is 28.3 Å². The number of thioether (sulfide) groups is 1. The number of halogens is 4. The molecule has 2 aromatic rings. The fourth-order valence-electron chi connectivity index (χ4n) is 2.81. The van der Waals surface area contributed by atoms with Crippen LogP contribution in [0.25, 0.3) is 0 Å². The molecular weight excluding hydrogens is 447 g/mol. The Hall–Kier alpha value is -2.46. The maximum absolute atomic E-state index is 12.8. The van der Waals surface area contributed by atoms with Gasteiger partial charge < -0.3 is 9.47 Å². The Balaban J connectivity index is 1.81. The van der Waals surface area contributed by atoms with Gasteiger partial charge in [-0.15, -0.1) is 0 Å². The van der Waals surface area contributed by atoms with Crippen LogP contribution in [-0.4, -0.2) is 28.5 Å². The second-order valence-corrected chi connectivity index (χ2v) is 8.23. The van der Waals surface area contributed by atoms with Crippen LogP contribution in [0.1, 0.15) is 28.8 Å². The summed E-state index contributed by atoms with van der Waals surface area (Å²) >= 11 is 7.53. The minimum atomic E-state index is -4.57. The number of alkyl halides is 3. The summed E-state index contributed by atoms with van der Waals surface area (Å²) in [4.78, 5) is 23.0. The molecule has 0 radical (unpaired) electrons. The van der Waals surface area contributed by atoms with Crippen molar-refractivity contribution in [1.82, 2.24) is 0 Å². The normalized spacial score (nSPS) is 16.3. The number of hydrogen-bond donors (Lipinski definition) is 0. The van der Waals surface area contributed by atoms with Crippen molar-refractivity contribution in [1.29, 1.82) is 0 Å². The van der Waals surface area contributed by atoms with E-state index in [9.17, 15) is 28.1 Å². The number of rotatable bonds is 6. The predicted molar refractivity (Wildman–Crippen MR) is 105 cm³/mol. The van der Waals surface area contributed by atoms with Crippen LogP contribution in [0.3, 0.4) is 0 Å². The summed E-state index contributed by atoms with van der Waals surface area (Å²) in [6, 6.07) is 5.92. The van der Waals surface area contributed by atoms with Crippen molar-refractivity contribution in [3.8, 4) is 11.5 Å². The van der Waals surface area contributed by atoms with Gasteiger partial charge in [-0.3, -0.25) is 10.1 Å². The van der Waals surface area contributed by atoms with Crippen molar-refractivity contribution in [3.63, 3.8) is 0 Å². The predicted octanol–water partition coefficient (Wildman–Crippen LogP) is 6.11. The molecule has 0 bridgehead atoms. The van der Waals surface area contributed by atoms with Crippen LogP contribution < -0.4 is 4.74 Å². The molecule has 30 heavy (non-hydrogen) atoms. The molecule has 160 valence electrons. The Labute approximate surface area is 178 Å². The molecule has 1 heterocycles. The number of carbonyl (C=O) groups excluding carboxylic acids is 1. The molecule has 3 rings (SSSR count). The smallest absolute Gasteiger partial charge is 0.416 e. The third-order valence-electron chi connectivity index (χ3n) is 4.30. The standard InChI is InChI=1S/C19H15ClF3NO5S/c20-15-8-11(19(21,22)23)3-6-17(15)29-12-4-5-16(24(26)27)14(9-12)18(25)28-10-13-2-1-7-30-13/h3-6,8-9,13H,1-2,7,10H2. The van der Waals surface area contributed by atoms with Gasteiger partial charge in [0.2, 0.25) is 0 Å². The van der Waals surface area contributed by atoms with E-state index in [0.29, 0.717) is 6.07 Å². The maximum atomic E-state index is 12.8. The van der Waals surface area contributed by atoms with Gasteiger partial charge in [-0.05, 0) is 42.9 Å². The number of benzene rings is 2. The highest BCUT2D eigenvalue weighted by atomic mass is 35.5. The van der Waals surface area contributed by atoms with Crippen molar-refractivity contribution < 1.29 is 32.4 Å². The van der Waals surface area contributed by atoms with E-state index >= 15 is 0 Å². The largest absolute Gasteiger partial charge is 0.461 e. The van der Waals surface area contributed by atoms with Gasteiger partial charge in [0.15, 0.2) is 0 Å². The Morgan fingerprint density at radius 1 is 1.27 bits per heavy atom. The number of nitro benzene ring substituents is 1. The summed E-state index contributed by atoms with van der Waals surface area (Å²) in [5, 5.41) is 11.1. The first-order valence-corrected chi connectivity index (χ1v) is 10.2. The Bertz CT molecular complexity index is 964. The zero-order valence-corrected chi connectivity index (χ0v) is 16.9. The lowest BCUT2D eigenvalue weighted by molar-refractivity contribution is -0.385. The average Bonchev–Trinajstić information content (AvgIpc) is 3.20. The van der Waals surface area contributed by atoms with Gasteiger partial charge in [0.25, 0.3) is 5.69 Å². The van der Waals surface area contributed by atoms with Crippen molar-refractivity contribution in [2.24, 2.45) is 0 Å². The fourth-order valence-corrected chi connectivity index (χ4v) is 4.19. The lowest BCUT2D eigenvalue weighted by atomic mass is 10.1. The van der Waals surface area contributed by atoms with Crippen molar-refractivity contribution in [2.45, 2.75) is 24.3 Å². The van der Waals surface area contributed by atoms with E-state index in [0.717, 1.165) is 42.9 Å². The summed E-state index contributed by atoms with van der Waals surface area (Å²) in [7, 11) is 0. The molecule has 2 aromatic carbocycles. The molecule has 1 aliphatic rings.